The van der Waals surface area contributed by atoms with Gasteiger partial charge in [0.1, 0.15) is 12.6 Å². The zero-order valence-electron chi connectivity index (χ0n) is 26.6. The molecule has 1 unspecified atom stereocenters. The van der Waals surface area contributed by atoms with E-state index >= 15 is 0 Å². The van der Waals surface area contributed by atoms with E-state index in [9.17, 15) is 18.0 Å². The maximum Gasteiger partial charge on any atom is 0.264 e. The van der Waals surface area contributed by atoms with Crippen molar-refractivity contribution in [3.8, 4) is 0 Å². The molecule has 2 amide bonds. The van der Waals surface area contributed by atoms with Gasteiger partial charge in [-0.3, -0.25) is 13.9 Å². The number of benzene rings is 4. The number of amides is 2. The highest BCUT2D eigenvalue weighted by Gasteiger charge is 2.35. The molecule has 0 aromatic heterocycles. The summed E-state index contributed by atoms with van der Waals surface area (Å²) < 4.78 is 29.7. The van der Waals surface area contributed by atoms with Crippen molar-refractivity contribution in [3.05, 3.63) is 129 Å². The van der Waals surface area contributed by atoms with Crippen LogP contribution in [-0.4, -0.2) is 43.8 Å². The molecule has 10 heteroatoms. The first-order valence-electron chi connectivity index (χ1n) is 15.0. The standard InChI is InChI=1S/C36H39Cl2N3O4S/c1-24(2)39-36(43)34(21-28-9-7-6-8-10-28)40(22-29-14-17-31(37)32(38)20-29)35(42)23-41(33-18-13-26(4)19-27(33)5)46(44,45)30-15-11-25(3)12-16-30/h6-20,24,34H,21-23H2,1-5H3,(H,39,43). The fraction of sp³-hybridized carbons (Fsp3) is 0.278. The van der Waals surface area contributed by atoms with Crippen LogP contribution in [-0.2, 0) is 32.6 Å². The van der Waals surface area contributed by atoms with Gasteiger partial charge in [0, 0.05) is 19.0 Å². The average molecular weight is 681 g/mol. The van der Waals surface area contributed by atoms with Crippen molar-refractivity contribution in [1.82, 2.24) is 10.2 Å². The van der Waals surface area contributed by atoms with Gasteiger partial charge in [-0.15, -0.1) is 0 Å². The third kappa shape index (κ3) is 8.69. The molecular formula is C36H39Cl2N3O4S. The Labute approximate surface area is 282 Å². The van der Waals surface area contributed by atoms with Crippen molar-refractivity contribution in [1.29, 1.82) is 0 Å². The van der Waals surface area contributed by atoms with E-state index in [0.717, 1.165) is 21.0 Å². The number of carbonyl (C=O) groups excluding carboxylic acids is 2. The summed E-state index contributed by atoms with van der Waals surface area (Å²) in [7, 11) is -4.20. The van der Waals surface area contributed by atoms with Crippen molar-refractivity contribution in [3.63, 3.8) is 0 Å². The number of hydrogen-bond acceptors (Lipinski definition) is 4. The van der Waals surface area contributed by atoms with Crippen molar-refractivity contribution in [2.24, 2.45) is 0 Å². The maximum atomic E-state index is 14.6. The van der Waals surface area contributed by atoms with Gasteiger partial charge in [-0.25, -0.2) is 8.42 Å². The number of hydrogen-bond donors (Lipinski definition) is 1. The normalized spacial score (nSPS) is 12.1. The van der Waals surface area contributed by atoms with Gasteiger partial charge in [-0.1, -0.05) is 95.0 Å². The van der Waals surface area contributed by atoms with Gasteiger partial charge >= 0.3 is 0 Å². The molecule has 0 fully saturated rings. The topological polar surface area (TPSA) is 86.8 Å². The average Bonchev–Trinajstić information content (AvgIpc) is 3.00. The molecule has 1 N–H and O–H groups in total. The summed E-state index contributed by atoms with van der Waals surface area (Å²) in [4.78, 5) is 29.9. The van der Waals surface area contributed by atoms with E-state index in [4.69, 9.17) is 23.2 Å². The van der Waals surface area contributed by atoms with Crippen LogP contribution < -0.4 is 9.62 Å². The lowest BCUT2D eigenvalue weighted by molar-refractivity contribution is -0.140. The first-order valence-corrected chi connectivity index (χ1v) is 17.2. The molecule has 0 spiro atoms. The van der Waals surface area contributed by atoms with Gasteiger partial charge in [0.15, 0.2) is 0 Å². The number of nitrogens with zero attached hydrogens (tertiary/aromatic N) is 2. The summed E-state index contributed by atoms with van der Waals surface area (Å²) in [6.07, 6.45) is 0.209. The highest BCUT2D eigenvalue weighted by molar-refractivity contribution is 7.92. The predicted molar refractivity (Wildman–Crippen MR) is 186 cm³/mol. The summed E-state index contributed by atoms with van der Waals surface area (Å²) in [6, 6.07) is 25.2. The minimum atomic E-state index is -4.20. The molecule has 0 radical (unpaired) electrons. The van der Waals surface area contributed by atoms with Crippen LogP contribution in [0.5, 0.6) is 0 Å². The minimum Gasteiger partial charge on any atom is -0.352 e. The zero-order valence-corrected chi connectivity index (χ0v) is 29.0. The van der Waals surface area contributed by atoms with Crippen LogP contribution in [0.2, 0.25) is 10.0 Å². The van der Waals surface area contributed by atoms with E-state index < -0.39 is 28.5 Å². The molecule has 1 atom stereocenters. The summed E-state index contributed by atoms with van der Waals surface area (Å²) >= 11 is 12.5. The number of rotatable bonds is 12. The van der Waals surface area contributed by atoms with Gasteiger partial charge in [0.05, 0.1) is 20.6 Å². The van der Waals surface area contributed by atoms with Crippen LogP contribution in [0.25, 0.3) is 0 Å². The molecule has 0 aliphatic rings. The number of nitrogens with one attached hydrogen (secondary N) is 1. The van der Waals surface area contributed by atoms with Crippen LogP contribution in [0.15, 0.2) is 95.9 Å². The van der Waals surface area contributed by atoms with Crippen LogP contribution in [0.4, 0.5) is 5.69 Å². The third-order valence-corrected chi connectivity index (χ3v) is 10.1. The fourth-order valence-corrected chi connectivity index (χ4v) is 7.00. The Kier molecular flexibility index (Phi) is 11.5. The number of anilines is 1. The fourth-order valence-electron chi connectivity index (χ4n) is 5.21. The van der Waals surface area contributed by atoms with Crippen molar-refractivity contribution in [2.75, 3.05) is 10.8 Å². The number of halogens is 2. The largest absolute Gasteiger partial charge is 0.352 e. The number of carbonyl (C=O) groups is 2. The molecule has 0 bridgehead atoms. The van der Waals surface area contributed by atoms with Gasteiger partial charge in [0.25, 0.3) is 10.0 Å². The van der Waals surface area contributed by atoms with Crippen LogP contribution in [0, 0.1) is 20.8 Å². The van der Waals surface area contributed by atoms with Crippen molar-refractivity contribution < 1.29 is 18.0 Å². The Morgan fingerprint density at radius 3 is 2.04 bits per heavy atom. The number of aryl methyl sites for hydroxylation is 3. The zero-order chi connectivity index (χ0) is 33.6. The SMILES string of the molecule is Cc1ccc(S(=O)(=O)N(CC(=O)N(Cc2ccc(Cl)c(Cl)c2)C(Cc2ccccc2)C(=O)NC(C)C)c2ccc(C)cc2C)cc1. The molecule has 0 aliphatic carbocycles. The predicted octanol–water partition coefficient (Wildman–Crippen LogP) is 7.28. The van der Waals surface area contributed by atoms with Crippen molar-refractivity contribution in [2.45, 2.75) is 64.6 Å². The molecule has 4 rings (SSSR count). The quantitative estimate of drug-likeness (QED) is 0.171. The van der Waals surface area contributed by atoms with Gasteiger partial charge in [-0.05, 0) is 81.6 Å². The monoisotopic (exact) mass is 679 g/mol. The molecule has 0 aliphatic heterocycles. The smallest absolute Gasteiger partial charge is 0.264 e. The Balaban J connectivity index is 1.84. The van der Waals surface area contributed by atoms with Crippen LogP contribution >= 0.6 is 23.2 Å². The molecular weight excluding hydrogens is 641 g/mol. The maximum absolute atomic E-state index is 14.6. The third-order valence-electron chi connectivity index (χ3n) is 7.55. The van der Waals surface area contributed by atoms with E-state index in [1.807, 2.05) is 77.1 Å². The second kappa shape index (κ2) is 15.2. The molecule has 0 heterocycles. The van der Waals surface area contributed by atoms with E-state index in [-0.39, 0.29) is 29.8 Å². The summed E-state index contributed by atoms with van der Waals surface area (Å²) in [5.41, 5.74) is 4.41. The van der Waals surface area contributed by atoms with Crippen LogP contribution in [0.1, 0.15) is 41.7 Å². The van der Waals surface area contributed by atoms with Gasteiger partial charge < -0.3 is 10.2 Å². The summed E-state index contributed by atoms with van der Waals surface area (Å²) in [5.74, 6) is -0.909. The molecule has 46 heavy (non-hydrogen) atoms. The molecule has 0 saturated carbocycles. The minimum absolute atomic E-state index is 0.00988. The van der Waals surface area contributed by atoms with E-state index in [2.05, 4.69) is 5.32 Å². The molecule has 4 aromatic rings. The lowest BCUT2D eigenvalue weighted by Crippen LogP contribution is -2.54. The second-order valence-electron chi connectivity index (χ2n) is 11.8. The highest BCUT2D eigenvalue weighted by Crippen LogP contribution is 2.29. The first-order chi connectivity index (χ1) is 21.8. The summed E-state index contributed by atoms with van der Waals surface area (Å²) in [6.45, 7) is 8.74. The lowest BCUT2D eigenvalue weighted by Gasteiger charge is -2.34. The van der Waals surface area contributed by atoms with Gasteiger partial charge in [-0.2, -0.15) is 0 Å². The molecule has 242 valence electrons. The van der Waals surface area contributed by atoms with Crippen molar-refractivity contribution >= 4 is 50.7 Å². The Morgan fingerprint density at radius 2 is 1.43 bits per heavy atom. The van der Waals surface area contributed by atoms with E-state index in [1.54, 1.807) is 36.4 Å². The molecule has 7 nitrogen and oxygen atoms in total. The number of sulfonamides is 1. The van der Waals surface area contributed by atoms with E-state index in [0.29, 0.717) is 26.9 Å². The summed E-state index contributed by atoms with van der Waals surface area (Å²) in [5, 5.41) is 3.61. The molecule has 4 aromatic carbocycles. The Hall–Kier alpha value is -3.85. The Morgan fingerprint density at radius 1 is 0.783 bits per heavy atom. The second-order valence-corrected chi connectivity index (χ2v) is 14.4. The first kappa shape index (κ1) is 35.0. The Bertz CT molecular complexity index is 1800. The van der Waals surface area contributed by atoms with Gasteiger partial charge in [0.2, 0.25) is 11.8 Å². The van der Waals surface area contributed by atoms with E-state index in [1.165, 1.54) is 17.0 Å². The highest BCUT2D eigenvalue weighted by atomic mass is 35.5. The molecule has 0 saturated heterocycles. The lowest BCUT2D eigenvalue weighted by atomic mass is 10.0. The van der Waals surface area contributed by atoms with Crippen LogP contribution in [0.3, 0.4) is 0 Å².